The minimum atomic E-state index is -0.714. The second kappa shape index (κ2) is 32.8. The van der Waals surface area contributed by atoms with E-state index in [1.807, 2.05) is 0 Å². The van der Waals surface area contributed by atoms with Crippen molar-refractivity contribution in [1.29, 1.82) is 0 Å². The van der Waals surface area contributed by atoms with Gasteiger partial charge in [-0.15, -0.1) is 0 Å². The van der Waals surface area contributed by atoms with E-state index in [4.69, 9.17) is 38.3 Å². The smallest absolute Gasteiger partial charge is 0.303 e. The molecule has 0 bridgehead atoms. The van der Waals surface area contributed by atoms with Crippen LogP contribution in [0.15, 0.2) is 0 Å². The van der Waals surface area contributed by atoms with Gasteiger partial charge < -0.3 is 43.6 Å². The van der Waals surface area contributed by atoms with Gasteiger partial charge in [0.05, 0.1) is 6.61 Å². The zero-order chi connectivity index (χ0) is 25.6. The summed E-state index contributed by atoms with van der Waals surface area (Å²) >= 11 is 0. The molecule has 0 saturated carbocycles. The Bertz CT molecular complexity index is 375. The van der Waals surface area contributed by atoms with Gasteiger partial charge in [0.15, 0.2) is 0 Å². The molecular formula is C22H52N6O5. The molecule has 0 rings (SSSR count). The van der Waals surface area contributed by atoms with Crippen molar-refractivity contribution in [3.05, 3.63) is 0 Å². The molecule has 33 heavy (non-hydrogen) atoms. The molecule has 0 saturated heterocycles. The van der Waals surface area contributed by atoms with Gasteiger partial charge in [-0.25, -0.2) is 0 Å². The van der Waals surface area contributed by atoms with Gasteiger partial charge >= 0.3 is 11.9 Å². The molecule has 0 amide bonds. The van der Waals surface area contributed by atoms with E-state index in [1.54, 1.807) is 0 Å². The maximum atomic E-state index is 10.2. The first-order valence-electron chi connectivity index (χ1n) is 12.2. The summed E-state index contributed by atoms with van der Waals surface area (Å²) < 4.78 is 0. The third-order valence-electron chi connectivity index (χ3n) is 4.48. The summed E-state index contributed by atoms with van der Waals surface area (Å²) in [5.41, 5.74) is 21.1. The molecule has 0 spiro atoms. The topological polar surface area (TPSA) is 214 Å². The van der Waals surface area contributed by atoms with E-state index in [1.165, 1.54) is 0 Å². The van der Waals surface area contributed by atoms with E-state index in [9.17, 15) is 9.59 Å². The molecule has 0 aromatic rings. The molecule has 0 unspecified atom stereocenters. The van der Waals surface area contributed by atoms with Crippen LogP contribution < -0.4 is 28.3 Å². The Morgan fingerprint density at radius 3 is 1.30 bits per heavy atom. The summed E-state index contributed by atoms with van der Waals surface area (Å²) in [6.45, 7) is 7.20. The highest BCUT2D eigenvalue weighted by Crippen LogP contribution is 2.10. The van der Waals surface area contributed by atoms with Crippen LogP contribution in [0.3, 0.4) is 0 Å². The van der Waals surface area contributed by atoms with Crippen molar-refractivity contribution in [3.8, 4) is 0 Å². The first-order valence-corrected chi connectivity index (χ1v) is 12.2. The van der Waals surface area contributed by atoms with Gasteiger partial charge in [-0.3, -0.25) is 14.5 Å². The summed E-state index contributed by atoms with van der Waals surface area (Å²) in [4.78, 5) is 22.7. The van der Waals surface area contributed by atoms with Gasteiger partial charge in [-0.2, -0.15) is 0 Å². The van der Waals surface area contributed by atoms with Crippen molar-refractivity contribution < 1.29 is 24.9 Å². The predicted molar refractivity (Wildman–Crippen MR) is 134 cm³/mol. The Balaban J connectivity index is -0.000000476. The molecule has 11 nitrogen and oxygen atoms in total. The zero-order valence-corrected chi connectivity index (χ0v) is 20.6. The number of nitrogens with one attached hydrogen (secondary N) is 1. The van der Waals surface area contributed by atoms with E-state index in [-0.39, 0.29) is 19.4 Å². The molecule has 0 radical (unpaired) electrons. The fourth-order valence-corrected chi connectivity index (χ4v) is 2.78. The summed E-state index contributed by atoms with van der Waals surface area (Å²) in [5.74, 6) is -1.43. The Labute approximate surface area is 200 Å². The van der Waals surface area contributed by atoms with E-state index in [2.05, 4.69) is 10.2 Å². The van der Waals surface area contributed by atoms with Gasteiger partial charge in [-0.1, -0.05) is 38.5 Å². The van der Waals surface area contributed by atoms with Crippen LogP contribution in [0.4, 0.5) is 0 Å². The Morgan fingerprint density at radius 1 is 0.606 bits per heavy atom. The molecule has 0 aliphatic heterocycles. The number of carbonyl (C=O) groups is 2. The number of aliphatic hydroxyl groups is 1. The second-order valence-corrected chi connectivity index (χ2v) is 7.59. The van der Waals surface area contributed by atoms with Gasteiger partial charge in [0.2, 0.25) is 0 Å². The number of carboxylic acids is 2. The number of hydrogen-bond donors (Lipinski definition) is 8. The van der Waals surface area contributed by atoms with Crippen molar-refractivity contribution in [3.63, 3.8) is 0 Å². The highest BCUT2D eigenvalue weighted by molar-refractivity contribution is 5.66. The molecule has 0 heterocycles. The third-order valence-corrected chi connectivity index (χ3v) is 4.48. The predicted octanol–water partition coefficient (Wildman–Crippen LogP) is -0.252. The fourth-order valence-electron chi connectivity index (χ4n) is 2.78. The van der Waals surface area contributed by atoms with Crippen molar-refractivity contribution in [2.24, 2.45) is 22.9 Å². The molecule has 11 heteroatoms. The first kappa shape index (κ1) is 36.2. The lowest BCUT2D eigenvalue weighted by atomic mass is 10.1. The minimum Gasteiger partial charge on any atom is -0.481 e. The minimum absolute atomic E-state index is 0.0972. The van der Waals surface area contributed by atoms with Crippen LogP contribution >= 0.6 is 0 Å². The summed E-state index contributed by atoms with van der Waals surface area (Å²) in [6, 6.07) is 0. The number of aliphatic hydroxyl groups excluding tert-OH is 1. The molecule has 0 fully saturated rings. The maximum absolute atomic E-state index is 10.2. The number of hydrogen-bond acceptors (Lipinski definition) is 9. The Kier molecular flexibility index (Phi) is 36.1. The van der Waals surface area contributed by atoms with Crippen LogP contribution in [-0.4, -0.2) is 97.7 Å². The second-order valence-electron chi connectivity index (χ2n) is 7.59. The number of nitrogens with zero attached hydrogens (tertiary/aromatic N) is 1. The molecule has 200 valence electrons. The van der Waals surface area contributed by atoms with Crippen molar-refractivity contribution >= 4 is 11.9 Å². The van der Waals surface area contributed by atoms with Crippen LogP contribution in [0.1, 0.15) is 64.2 Å². The fraction of sp³-hybridized carbons (Fsp3) is 0.909. The molecule has 0 aliphatic rings. The van der Waals surface area contributed by atoms with Crippen molar-refractivity contribution in [2.75, 3.05) is 65.5 Å². The molecule has 0 aromatic heterocycles. The van der Waals surface area contributed by atoms with Gasteiger partial charge in [0.25, 0.3) is 0 Å². The SMILES string of the molecule is NCCNCCN(CCN)CCN.NCCO.O=C(O)CCCCCCCCCCC(=O)O. The average molecular weight is 481 g/mol. The monoisotopic (exact) mass is 480 g/mol. The molecule has 12 N–H and O–H groups in total. The van der Waals surface area contributed by atoms with Gasteiger partial charge in [-0.05, 0) is 12.8 Å². The van der Waals surface area contributed by atoms with E-state index in [0.29, 0.717) is 26.2 Å². The number of nitrogens with two attached hydrogens (primary N) is 4. The maximum Gasteiger partial charge on any atom is 0.303 e. The van der Waals surface area contributed by atoms with Crippen LogP contribution in [0, 0.1) is 0 Å². The molecule has 0 atom stereocenters. The van der Waals surface area contributed by atoms with Crippen molar-refractivity contribution in [1.82, 2.24) is 10.2 Å². The zero-order valence-electron chi connectivity index (χ0n) is 20.6. The lowest BCUT2D eigenvalue weighted by Crippen LogP contribution is -2.39. The summed E-state index contributed by atoms with van der Waals surface area (Å²) in [5, 5.41) is 27.8. The van der Waals surface area contributed by atoms with Crippen LogP contribution in [0.25, 0.3) is 0 Å². The lowest BCUT2D eigenvalue weighted by Gasteiger charge is -2.20. The summed E-state index contributed by atoms with van der Waals surface area (Å²) in [7, 11) is 0. The van der Waals surface area contributed by atoms with E-state index in [0.717, 1.165) is 84.1 Å². The normalized spacial score (nSPS) is 10.2. The van der Waals surface area contributed by atoms with E-state index < -0.39 is 11.9 Å². The first-order chi connectivity index (χ1) is 15.9. The molecule has 0 aromatic carbocycles. The summed E-state index contributed by atoms with van der Waals surface area (Å²) in [6.07, 6.45) is 8.51. The third kappa shape index (κ3) is 41.4. The molecular weight excluding hydrogens is 428 g/mol. The Morgan fingerprint density at radius 2 is 1.00 bits per heavy atom. The van der Waals surface area contributed by atoms with Crippen LogP contribution in [-0.2, 0) is 9.59 Å². The van der Waals surface area contributed by atoms with Gasteiger partial charge in [0.1, 0.15) is 0 Å². The lowest BCUT2D eigenvalue weighted by molar-refractivity contribution is -0.138. The van der Waals surface area contributed by atoms with Crippen LogP contribution in [0.2, 0.25) is 0 Å². The highest BCUT2D eigenvalue weighted by Gasteiger charge is 2.01. The largest absolute Gasteiger partial charge is 0.481 e. The van der Waals surface area contributed by atoms with E-state index >= 15 is 0 Å². The molecule has 0 aliphatic carbocycles. The number of rotatable bonds is 21. The highest BCUT2D eigenvalue weighted by atomic mass is 16.4. The Hall–Kier alpha value is -1.34. The van der Waals surface area contributed by atoms with Gasteiger partial charge in [0, 0.05) is 71.7 Å². The average Bonchev–Trinajstić information content (AvgIpc) is 2.78. The standard InChI is InChI=1S/C12H22O4.C8H23N5.C2H7NO/c13-11(14)9-7-5-3-1-2-4-6-8-10-12(15)16;9-1-4-12-5-8-13(6-2-10)7-3-11;3-1-2-4/h1-10H2,(H,13,14)(H,15,16);12H,1-11H2;4H,1-3H2. The number of carboxylic acid groups (broad SMARTS) is 2. The van der Waals surface area contributed by atoms with Crippen molar-refractivity contribution in [2.45, 2.75) is 64.2 Å². The number of aliphatic carboxylic acids is 2. The quantitative estimate of drug-likeness (QED) is 0.100. The van der Waals surface area contributed by atoms with Crippen LogP contribution in [0.5, 0.6) is 0 Å². The number of unbranched alkanes of at least 4 members (excludes halogenated alkanes) is 7.